The predicted octanol–water partition coefficient (Wildman–Crippen LogP) is 3.57. The molecule has 0 amide bonds. The zero-order chi connectivity index (χ0) is 12.1. The Kier molecular flexibility index (Phi) is 5.97. The van der Waals surface area contributed by atoms with Gasteiger partial charge in [-0.05, 0) is 41.3 Å². The third kappa shape index (κ3) is 4.95. The number of nitrogens with one attached hydrogen (secondary N) is 1. The van der Waals surface area contributed by atoms with E-state index in [1.165, 1.54) is 4.88 Å². The fraction of sp³-hybridized carbons (Fsp3) is 0.667. The quantitative estimate of drug-likeness (QED) is 0.842. The number of aliphatic hydroxyl groups excluding tert-OH is 1. The average molecular weight is 306 g/mol. The van der Waals surface area contributed by atoms with Gasteiger partial charge in [-0.1, -0.05) is 13.8 Å². The lowest BCUT2D eigenvalue weighted by Crippen LogP contribution is -2.29. The van der Waals surface area contributed by atoms with Gasteiger partial charge < -0.3 is 10.4 Å². The minimum atomic E-state index is -0.245. The molecule has 2 atom stereocenters. The monoisotopic (exact) mass is 305 g/mol. The second-order valence-corrected chi connectivity index (χ2v) is 6.44. The number of halogens is 1. The van der Waals surface area contributed by atoms with Crippen molar-refractivity contribution in [2.45, 2.75) is 39.3 Å². The molecule has 0 aromatic carbocycles. The molecule has 4 heteroatoms. The summed E-state index contributed by atoms with van der Waals surface area (Å²) in [5.74, 6) is 0.544. The highest BCUT2D eigenvalue weighted by Gasteiger charge is 2.11. The van der Waals surface area contributed by atoms with Crippen molar-refractivity contribution in [1.29, 1.82) is 0 Å². The van der Waals surface area contributed by atoms with Crippen LogP contribution in [0.15, 0.2) is 15.9 Å². The number of rotatable bonds is 6. The molecule has 0 fully saturated rings. The number of hydrogen-bond acceptors (Lipinski definition) is 3. The van der Waals surface area contributed by atoms with Crippen LogP contribution in [0.25, 0.3) is 0 Å². The van der Waals surface area contributed by atoms with Gasteiger partial charge in [-0.2, -0.15) is 0 Å². The van der Waals surface area contributed by atoms with Crippen LogP contribution in [0.3, 0.4) is 0 Å². The van der Waals surface area contributed by atoms with Gasteiger partial charge in [-0.15, -0.1) is 11.3 Å². The third-order valence-electron chi connectivity index (χ3n) is 2.42. The van der Waals surface area contributed by atoms with Gasteiger partial charge in [-0.3, -0.25) is 0 Å². The van der Waals surface area contributed by atoms with E-state index in [1.807, 2.05) is 0 Å². The summed E-state index contributed by atoms with van der Waals surface area (Å²) in [4.78, 5) is 1.30. The van der Waals surface area contributed by atoms with Crippen LogP contribution < -0.4 is 5.32 Å². The maximum atomic E-state index is 9.75. The van der Waals surface area contributed by atoms with E-state index in [0.717, 1.165) is 10.9 Å². The summed E-state index contributed by atoms with van der Waals surface area (Å²) in [6, 6.07) is 2.43. The molecule has 0 aliphatic heterocycles. The number of thiophene rings is 1. The van der Waals surface area contributed by atoms with Gasteiger partial charge in [0.15, 0.2) is 0 Å². The average Bonchev–Trinajstić information content (AvgIpc) is 2.60. The second kappa shape index (κ2) is 6.74. The third-order valence-corrected chi connectivity index (χ3v) is 4.29. The van der Waals surface area contributed by atoms with E-state index in [4.69, 9.17) is 0 Å². The summed E-state index contributed by atoms with van der Waals surface area (Å²) in [5.41, 5.74) is 0. The van der Waals surface area contributed by atoms with E-state index in [0.29, 0.717) is 18.5 Å². The van der Waals surface area contributed by atoms with Crippen LogP contribution in [0.2, 0.25) is 0 Å². The van der Waals surface area contributed by atoms with E-state index in [1.54, 1.807) is 11.3 Å². The first-order valence-corrected chi connectivity index (χ1v) is 7.31. The van der Waals surface area contributed by atoms with E-state index in [2.05, 4.69) is 53.5 Å². The molecule has 0 saturated carbocycles. The van der Waals surface area contributed by atoms with Crippen molar-refractivity contribution in [2.75, 3.05) is 6.54 Å². The van der Waals surface area contributed by atoms with Gasteiger partial charge in [0.2, 0.25) is 0 Å². The predicted molar refractivity (Wildman–Crippen MR) is 73.9 cm³/mol. The lowest BCUT2D eigenvalue weighted by atomic mass is 10.1. The molecule has 1 rings (SSSR count). The van der Waals surface area contributed by atoms with Crippen molar-refractivity contribution in [2.24, 2.45) is 5.92 Å². The van der Waals surface area contributed by atoms with Crippen LogP contribution >= 0.6 is 27.3 Å². The second-order valence-electron chi connectivity index (χ2n) is 4.58. The van der Waals surface area contributed by atoms with Crippen molar-refractivity contribution in [3.63, 3.8) is 0 Å². The maximum absolute atomic E-state index is 9.75. The van der Waals surface area contributed by atoms with Crippen LogP contribution in [0.5, 0.6) is 0 Å². The normalized spacial score (nSPS) is 15.4. The first kappa shape index (κ1) is 14.2. The van der Waals surface area contributed by atoms with Crippen molar-refractivity contribution in [1.82, 2.24) is 5.32 Å². The van der Waals surface area contributed by atoms with Crippen LogP contribution in [-0.2, 0) is 0 Å². The molecule has 0 spiro atoms. The Hall–Kier alpha value is 0.1000. The van der Waals surface area contributed by atoms with Crippen LogP contribution in [0.4, 0.5) is 0 Å². The van der Waals surface area contributed by atoms with Crippen molar-refractivity contribution in [3.8, 4) is 0 Å². The Labute approximate surface area is 110 Å². The van der Waals surface area contributed by atoms with Gasteiger partial charge in [0, 0.05) is 27.3 Å². The lowest BCUT2D eigenvalue weighted by Gasteiger charge is -2.17. The molecule has 1 aromatic heterocycles. The number of hydrogen-bond donors (Lipinski definition) is 2. The summed E-state index contributed by atoms with van der Waals surface area (Å²) in [6.45, 7) is 7.04. The first-order valence-electron chi connectivity index (χ1n) is 5.64. The SMILES string of the molecule is CC(C)CC(O)CNC(C)c1cc(Br)cs1. The van der Waals surface area contributed by atoms with Crippen molar-refractivity contribution in [3.05, 3.63) is 20.8 Å². The van der Waals surface area contributed by atoms with Gasteiger partial charge in [0.05, 0.1) is 6.10 Å². The summed E-state index contributed by atoms with van der Waals surface area (Å²) >= 11 is 5.18. The van der Waals surface area contributed by atoms with Gasteiger partial charge in [-0.25, -0.2) is 0 Å². The Morgan fingerprint density at radius 3 is 2.62 bits per heavy atom. The molecule has 0 saturated heterocycles. The molecule has 16 heavy (non-hydrogen) atoms. The van der Waals surface area contributed by atoms with Crippen molar-refractivity contribution >= 4 is 27.3 Å². The molecule has 2 nitrogen and oxygen atoms in total. The van der Waals surface area contributed by atoms with Crippen LogP contribution in [0, 0.1) is 5.92 Å². The molecule has 1 aromatic rings. The summed E-state index contributed by atoms with van der Waals surface area (Å²) in [5, 5.41) is 15.2. The van der Waals surface area contributed by atoms with E-state index in [-0.39, 0.29) is 6.10 Å². The number of aliphatic hydroxyl groups is 1. The Balaban J connectivity index is 2.32. The fourth-order valence-corrected chi connectivity index (χ4v) is 3.07. The zero-order valence-corrected chi connectivity index (χ0v) is 12.4. The zero-order valence-electron chi connectivity index (χ0n) is 10.0. The molecule has 0 aliphatic rings. The molecule has 2 unspecified atom stereocenters. The largest absolute Gasteiger partial charge is 0.392 e. The Bertz CT molecular complexity index is 314. The highest BCUT2D eigenvalue weighted by atomic mass is 79.9. The van der Waals surface area contributed by atoms with Crippen LogP contribution in [-0.4, -0.2) is 17.8 Å². The fourth-order valence-electron chi connectivity index (χ4n) is 1.60. The highest BCUT2D eigenvalue weighted by Crippen LogP contribution is 2.25. The van der Waals surface area contributed by atoms with Crippen molar-refractivity contribution < 1.29 is 5.11 Å². The molecule has 0 aliphatic carbocycles. The molecular weight excluding hydrogens is 286 g/mol. The Morgan fingerprint density at radius 2 is 2.12 bits per heavy atom. The molecule has 1 heterocycles. The topological polar surface area (TPSA) is 32.3 Å². The van der Waals surface area contributed by atoms with E-state index < -0.39 is 0 Å². The van der Waals surface area contributed by atoms with Gasteiger partial charge >= 0.3 is 0 Å². The summed E-state index contributed by atoms with van der Waals surface area (Å²) < 4.78 is 1.13. The molecule has 0 bridgehead atoms. The minimum absolute atomic E-state index is 0.245. The Morgan fingerprint density at radius 1 is 1.44 bits per heavy atom. The standard InChI is InChI=1S/C12H20BrNOS/c1-8(2)4-11(15)6-14-9(3)12-5-10(13)7-16-12/h5,7-9,11,14-15H,4,6H2,1-3H3. The molecule has 92 valence electrons. The molecular formula is C12H20BrNOS. The van der Waals surface area contributed by atoms with E-state index >= 15 is 0 Å². The van der Waals surface area contributed by atoms with Crippen LogP contribution in [0.1, 0.15) is 38.1 Å². The first-order chi connectivity index (χ1) is 7.49. The summed E-state index contributed by atoms with van der Waals surface area (Å²) in [7, 11) is 0. The highest BCUT2D eigenvalue weighted by molar-refractivity contribution is 9.10. The molecule has 0 radical (unpaired) electrons. The van der Waals surface area contributed by atoms with E-state index in [9.17, 15) is 5.11 Å². The smallest absolute Gasteiger partial charge is 0.0667 e. The maximum Gasteiger partial charge on any atom is 0.0667 e. The lowest BCUT2D eigenvalue weighted by molar-refractivity contribution is 0.143. The van der Waals surface area contributed by atoms with Gasteiger partial charge in [0.25, 0.3) is 0 Å². The minimum Gasteiger partial charge on any atom is -0.392 e. The summed E-state index contributed by atoms with van der Waals surface area (Å²) in [6.07, 6.45) is 0.610. The van der Waals surface area contributed by atoms with Gasteiger partial charge in [0.1, 0.15) is 0 Å². The molecule has 2 N–H and O–H groups in total.